The van der Waals surface area contributed by atoms with Crippen LogP contribution < -0.4 is 16.6 Å². The van der Waals surface area contributed by atoms with Crippen LogP contribution in [0.25, 0.3) is 0 Å². The molecule has 0 saturated carbocycles. The highest BCUT2D eigenvalue weighted by molar-refractivity contribution is 5.57. The molecule has 4 N–H and O–H groups in total. The zero-order chi connectivity index (χ0) is 14.6. The van der Waals surface area contributed by atoms with E-state index in [9.17, 15) is 0 Å². The Kier molecular flexibility index (Phi) is 5.54. The highest BCUT2D eigenvalue weighted by atomic mass is 15.3. The number of nitrogens with one attached hydrogen (secondary N) is 2. The lowest BCUT2D eigenvalue weighted by molar-refractivity contribution is 0.509. The average Bonchev–Trinajstić information content (AvgIpc) is 2.36. The Balaban J connectivity index is 3.14. The summed E-state index contributed by atoms with van der Waals surface area (Å²) >= 11 is 0. The molecule has 1 atom stereocenters. The van der Waals surface area contributed by atoms with Crippen molar-refractivity contribution in [1.29, 1.82) is 0 Å². The number of nitrogen functional groups attached to an aromatic ring is 1. The van der Waals surface area contributed by atoms with E-state index in [1.165, 1.54) is 0 Å². The van der Waals surface area contributed by atoms with Crippen LogP contribution in [0, 0.1) is 12.8 Å². The van der Waals surface area contributed by atoms with Gasteiger partial charge in [-0.3, -0.25) is 0 Å². The second-order valence-corrected chi connectivity index (χ2v) is 5.61. The van der Waals surface area contributed by atoms with Gasteiger partial charge < -0.3 is 10.7 Å². The fourth-order valence-electron chi connectivity index (χ4n) is 1.99. The molecular weight excluding hydrogens is 238 g/mol. The van der Waals surface area contributed by atoms with Gasteiger partial charge in [0.15, 0.2) is 0 Å². The van der Waals surface area contributed by atoms with Gasteiger partial charge in [-0.25, -0.2) is 15.8 Å². The maximum absolute atomic E-state index is 5.54. The summed E-state index contributed by atoms with van der Waals surface area (Å²) in [5.41, 5.74) is 3.62. The topological polar surface area (TPSA) is 75.9 Å². The van der Waals surface area contributed by atoms with E-state index in [0.717, 1.165) is 23.6 Å². The summed E-state index contributed by atoms with van der Waals surface area (Å²) < 4.78 is 0. The third kappa shape index (κ3) is 3.80. The largest absolute Gasteiger partial charge is 0.367 e. The highest BCUT2D eigenvalue weighted by Crippen LogP contribution is 2.24. The number of hydrogen-bond donors (Lipinski definition) is 3. The van der Waals surface area contributed by atoms with Crippen molar-refractivity contribution in [2.75, 3.05) is 10.7 Å². The molecule has 0 radical (unpaired) electrons. The quantitative estimate of drug-likeness (QED) is 0.544. The lowest BCUT2D eigenvalue weighted by Gasteiger charge is -2.23. The maximum Gasteiger partial charge on any atom is 0.148 e. The molecule has 19 heavy (non-hydrogen) atoms. The van der Waals surface area contributed by atoms with Crippen molar-refractivity contribution in [3.63, 3.8) is 0 Å². The summed E-state index contributed by atoms with van der Waals surface area (Å²) in [5, 5.41) is 3.52. The smallest absolute Gasteiger partial charge is 0.148 e. The molecule has 0 fully saturated rings. The van der Waals surface area contributed by atoms with Crippen molar-refractivity contribution < 1.29 is 0 Å². The van der Waals surface area contributed by atoms with Gasteiger partial charge in [0.2, 0.25) is 0 Å². The summed E-state index contributed by atoms with van der Waals surface area (Å²) in [6, 6.07) is 0.402. The Bertz CT molecular complexity index is 415. The van der Waals surface area contributed by atoms with E-state index in [1.807, 2.05) is 6.92 Å². The molecule has 0 bridgehead atoms. The van der Waals surface area contributed by atoms with Gasteiger partial charge in [0.1, 0.15) is 17.5 Å². The van der Waals surface area contributed by atoms with Gasteiger partial charge in [0, 0.05) is 17.5 Å². The van der Waals surface area contributed by atoms with Gasteiger partial charge >= 0.3 is 0 Å². The summed E-state index contributed by atoms with van der Waals surface area (Å²) in [7, 11) is 0. The minimum absolute atomic E-state index is 0.271. The van der Waals surface area contributed by atoms with Crippen molar-refractivity contribution in [1.82, 2.24) is 9.97 Å². The van der Waals surface area contributed by atoms with Crippen LogP contribution in [0.1, 0.15) is 58.3 Å². The summed E-state index contributed by atoms with van der Waals surface area (Å²) in [4.78, 5) is 9.07. The number of hydrogen-bond acceptors (Lipinski definition) is 5. The van der Waals surface area contributed by atoms with E-state index in [2.05, 4.69) is 55.3 Å². The predicted molar refractivity (Wildman–Crippen MR) is 81.2 cm³/mol. The summed E-state index contributed by atoms with van der Waals surface area (Å²) in [5.74, 6) is 8.75. The molecular formula is C14H27N5. The van der Waals surface area contributed by atoms with Gasteiger partial charge in [-0.2, -0.15) is 0 Å². The molecule has 108 valence electrons. The first-order valence-electron chi connectivity index (χ1n) is 7.02. The average molecular weight is 265 g/mol. The molecule has 0 aliphatic carbocycles. The predicted octanol–water partition coefficient (Wildman–Crippen LogP) is 3.04. The lowest BCUT2D eigenvalue weighted by atomic mass is 10.0. The Labute approximate surface area is 116 Å². The van der Waals surface area contributed by atoms with Gasteiger partial charge in [-0.15, -0.1) is 0 Å². The molecule has 0 aliphatic rings. The van der Waals surface area contributed by atoms with E-state index in [1.54, 1.807) is 0 Å². The summed E-state index contributed by atoms with van der Waals surface area (Å²) in [6.07, 6.45) is 1.06. The van der Waals surface area contributed by atoms with Gasteiger partial charge in [0.05, 0.1) is 0 Å². The van der Waals surface area contributed by atoms with Gasteiger partial charge in [-0.1, -0.05) is 34.6 Å². The van der Waals surface area contributed by atoms with E-state index >= 15 is 0 Å². The molecule has 0 aliphatic heterocycles. The van der Waals surface area contributed by atoms with Crippen LogP contribution in [0.5, 0.6) is 0 Å². The van der Waals surface area contributed by atoms with Crippen molar-refractivity contribution in [3.8, 4) is 0 Å². The Morgan fingerprint density at radius 2 is 1.68 bits per heavy atom. The molecule has 0 spiro atoms. The molecule has 1 heterocycles. The SMILES string of the molecule is CCC(Nc1nc(C(C)C)nc(NN)c1C)C(C)C. The van der Waals surface area contributed by atoms with Crippen LogP contribution in [0.3, 0.4) is 0 Å². The van der Waals surface area contributed by atoms with E-state index in [-0.39, 0.29) is 5.92 Å². The summed E-state index contributed by atoms with van der Waals surface area (Å²) in [6.45, 7) is 12.7. The number of hydrazine groups is 1. The molecule has 1 aromatic rings. The van der Waals surface area contributed by atoms with Crippen LogP contribution in [0.2, 0.25) is 0 Å². The van der Waals surface area contributed by atoms with Crippen LogP contribution in [0.4, 0.5) is 11.6 Å². The second-order valence-electron chi connectivity index (χ2n) is 5.61. The standard InChI is InChI=1S/C14H27N5/c1-7-11(8(2)3)16-13-10(6)14(19-15)18-12(17-13)9(4)5/h8-9,11H,7,15H2,1-6H3,(H2,16,17,18,19). The van der Waals surface area contributed by atoms with Gasteiger partial charge in [0.25, 0.3) is 0 Å². The monoisotopic (exact) mass is 265 g/mol. The Morgan fingerprint density at radius 3 is 2.11 bits per heavy atom. The molecule has 5 nitrogen and oxygen atoms in total. The molecule has 0 amide bonds. The molecule has 5 heteroatoms. The normalized spacial score (nSPS) is 12.9. The third-order valence-corrected chi connectivity index (χ3v) is 3.38. The molecule has 1 rings (SSSR count). The minimum Gasteiger partial charge on any atom is -0.367 e. The molecule has 1 aromatic heterocycles. The first-order valence-corrected chi connectivity index (χ1v) is 7.02. The Hall–Kier alpha value is -1.36. The molecule has 0 aromatic carbocycles. The fraction of sp³-hybridized carbons (Fsp3) is 0.714. The van der Waals surface area contributed by atoms with Crippen molar-refractivity contribution in [3.05, 3.63) is 11.4 Å². The zero-order valence-corrected chi connectivity index (χ0v) is 12.9. The number of anilines is 2. The minimum atomic E-state index is 0.271. The van der Waals surface area contributed by atoms with Crippen LogP contribution in [0.15, 0.2) is 0 Å². The van der Waals surface area contributed by atoms with Crippen LogP contribution >= 0.6 is 0 Å². The zero-order valence-electron chi connectivity index (χ0n) is 12.9. The van der Waals surface area contributed by atoms with E-state index < -0.39 is 0 Å². The molecule has 0 saturated heterocycles. The molecule has 1 unspecified atom stereocenters. The lowest BCUT2D eigenvalue weighted by Crippen LogP contribution is -2.26. The Morgan fingerprint density at radius 1 is 1.11 bits per heavy atom. The van der Waals surface area contributed by atoms with Crippen molar-refractivity contribution in [2.24, 2.45) is 11.8 Å². The van der Waals surface area contributed by atoms with E-state index in [4.69, 9.17) is 5.84 Å². The first kappa shape index (κ1) is 15.7. The van der Waals surface area contributed by atoms with Crippen LogP contribution in [-0.2, 0) is 0 Å². The third-order valence-electron chi connectivity index (χ3n) is 3.38. The number of rotatable bonds is 6. The van der Waals surface area contributed by atoms with E-state index in [0.29, 0.717) is 17.8 Å². The van der Waals surface area contributed by atoms with Gasteiger partial charge in [-0.05, 0) is 19.3 Å². The van der Waals surface area contributed by atoms with Crippen molar-refractivity contribution >= 4 is 11.6 Å². The first-order chi connectivity index (χ1) is 8.90. The highest BCUT2D eigenvalue weighted by Gasteiger charge is 2.17. The number of nitrogens with two attached hydrogens (primary N) is 1. The number of aromatic nitrogens is 2. The van der Waals surface area contributed by atoms with Crippen molar-refractivity contribution in [2.45, 2.75) is 59.9 Å². The second kappa shape index (κ2) is 6.70. The number of nitrogens with zero attached hydrogens (tertiary/aromatic N) is 2. The van der Waals surface area contributed by atoms with Crippen LogP contribution in [-0.4, -0.2) is 16.0 Å². The fourth-order valence-corrected chi connectivity index (χ4v) is 1.99. The maximum atomic E-state index is 5.54.